The zero-order chi connectivity index (χ0) is 19.3. The highest BCUT2D eigenvalue weighted by Gasteiger charge is 2.28. The minimum atomic E-state index is 0.0192. The molecule has 6 heteroatoms. The third-order valence-electron chi connectivity index (χ3n) is 5.99. The van der Waals surface area contributed by atoms with E-state index in [1.165, 1.54) is 12.8 Å². The van der Waals surface area contributed by atoms with Gasteiger partial charge in [0.15, 0.2) is 0 Å². The number of carbonyl (C=O) groups is 1. The standard InChI is InChI=1S/C22H31N5O/c1-24-13-15-26(16-14-24)21-8-2-3-12-27(18-21)22(28)23-19-7-6-9-20(17-19)25-10-4-5-11-25/h4-7,9-11,17,21H,2-3,8,12-16,18H2,1H3,(H,23,28). The molecule has 0 saturated carbocycles. The van der Waals surface area contributed by atoms with Crippen molar-refractivity contribution in [3.05, 3.63) is 48.8 Å². The Balaban J connectivity index is 1.40. The lowest BCUT2D eigenvalue weighted by atomic mass is 10.1. The van der Waals surface area contributed by atoms with Crippen molar-refractivity contribution in [1.82, 2.24) is 19.3 Å². The first-order chi connectivity index (χ1) is 13.7. The molecule has 2 saturated heterocycles. The van der Waals surface area contributed by atoms with Crippen LogP contribution in [0.5, 0.6) is 0 Å². The topological polar surface area (TPSA) is 43.8 Å². The molecule has 28 heavy (non-hydrogen) atoms. The van der Waals surface area contributed by atoms with E-state index in [9.17, 15) is 4.79 Å². The molecule has 3 heterocycles. The minimum Gasteiger partial charge on any atom is -0.324 e. The van der Waals surface area contributed by atoms with Crippen molar-refractivity contribution < 1.29 is 4.79 Å². The molecule has 2 aromatic rings. The number of aromatic nitrogens is 1. The predicted molar refractivity (Wildman–Crippen MR) is 113 cm³/mol. The number of likely N-dealkylation sites (tertiary alicyclic amines) is 1. The second-order valence-corrected chi connectivity index (χ2v) is 8.01. The fourth-order valence-corrected chi connectivity index (χ4v) is 4.24. The van der Waals surface area contributed by atoms with Gasteiger partial charge in [0.25, 0.3) is 0 Å². The SMILES string of the molecule is CN1CCN(C2CCCCN(C(=O)Nc3cccc(-n4cccc4)c3)C2)CC1. The molecule has 150 valence electrons. The van der Waals surface area contributed by atoms with Crippen LogP contribution in [0.2, 0.25) is 0 Å². The molecule has 2 fully saturated rings. The summed E-state index contributed by atoms with van der Waals surface area (Å²) < 4.78 is 2.05. The summed E-state index contributed by atoms with van der Waals surface area (Å²) >= 11 is 0. The van der Waals surface area contributed by atoms with Crippen LogP contribution in [0.1, 0.15) is 19.3 Å². The van der Waals surface area contributed by atoms with Crippen LogP contribution in [0, 0.1) is 0 Å². The van der Waals surface area contributed by atoms with Crippen LogP contribution in [0.3, 0.4) is 0 Å². The first-order valence-corrected chi connectivity index (χ1v) is 10.4. The van der Waals surface area contributed by atoms with E-state index in [2.05, 4.69) is 22.2 Å². The predicted octanol–water partition coefficient (Wildman–Crippen LogP) is 3.11. The maximum absolute atomic E-state index is 13.0. The number of anilines is 1. The van der Waals surface area contributed by atoms with Gasteiger partial charge in [-0.15, -0.1) is 0 Å². The highest BCUT2D eigenvalue weighted by molar-refractivity contribution is 5.89. The molecule has 2 aliphatic heterocycles. The van der Waals surface area contributed by atoms with Crippen molar-refractivity contribution in [2.75, 3.05) is 51.6 Å². The van der Waals surface area contributed by atoms with E-state index < -0.39 is 0 Å². The normalized spacial score (nSPS) is 22.0. The fourth-order valence-electron chi connectivity index (χ4n) is 4.24. The van der Waals surface area contributed by atoms with Gasteiger partial charge in [0, 0.05) is 69.1 Å². The summed E-state index contributed by atoms with van der Waals surface area (Å²) in [6.45, 7) is 6.12. The smallest absolute Gasteiger partial charge is 0.321 e. The van der Waals surface area contributed by atoms with E-state index in [4.69, 9.17) is 0 Å². The summed E-state index contributed by atoms with van der Waals surface area (Å²) in [4.78, 5) is 20.0. The van der Waals surface area contributed by atoms with Crippen molar-refractivity contribution >= 4 is 11.7 Å². The molecular weight excluding hydrogens is 350 g/mol. The quantitative estimate of drug-likeness (QED) is 0.888. The highest BCUT2D eigenvalue weighted by atomic mass is 16.2. The van der Waals surface area contributed by atoms with Gasteiger partial charge in [0.1, 0.15) is 0 Å². The summed E-state index contributed by atoms with van der Waals surface area (Å²) in [6, 6.07) is 12.5. The zero-order valence-electron chi connectivity index (χ0n) is 16.8. The monoisotopic (exact) mass is 381 g/mol. The Morgan fingerprint density at radius 3 is 2.57 bits per heavy atom. The van der Waals surface area contributed by atoms with Crippen molar-refractivity contribution in [3.63, 3.8) is 0 Å². The Morgan fingerprint density at radius 2 is 1.79 bits per heavy atom. The zero-order valence-corrected chi connectivity index (χ0v) is 16.8. The lowest BCUT2D eigenvalue weighted by Crippen LogP contribution is -2.52. The van der Waals surface area contributed by atoms with Gasteiger partial charge in [-0.05, 0) is 50.2 Å². The van der Waals surface area contributed by atoms with Crippen LogP contribution < -0.4 is 5.32 Å². The minimum absolute atomic E-state index is 0.0192. The number of hydrogen-bond donors (Lipinski definition) is 1. The molecule has 2 aliphatic rings. The number of piperazine rings is 1. The Bertz CT molecular complexity index is 767. The average Bonchev–Trinajstić information content (AvgIpc) is 3.13. The van der Waals surface area contributed by atoms with E-state index >= 15 is 0 Å². The Hall–Kier alpha value is -2.31. The molecule has 1 unspecified atom stereocenters. The van der Waals surface area contributed by atoms with E-state index in [-0.39, 0.29) is 6.03 Å². The van der Waals surface area contributed by atoms with Crippen molar-refractivity contribution in [1.29, 1.82) is 0 Å². The van der Waals surface area contributed by atoms with Crippen molar-refractivity contribution in [2.24, 2.45) is 0 Å². The number of amides is 2. The largest absolute Gasteiger partial charge is 0.324 e. The first kappa shape index (κ1) is 19.0. The summed E-state index contributed by atoms with van der Waals surface area (Å²) in [7, 11) is 2.19. The molecule has 1 aromatic heterocycles. The summed E-state index contributed by atoms with van der Waals surface area (Å²) in [5.41, 5.74) is 1.89. The van der Waals surface area contributed by atoms with E-state index in [1.807, 2.05) is 58.3 Å². The fraction of sp³-hybridized carbons (Fsp3) is 0.500. The Kier molecular flexibility index (Phi) is 5.98. The van der Waals surface area contributed by atoms with Gasteiger partial charge in [-0.1, -0.05) is 12.5 Å². The molecule has 1 aromatic carbocycles. The number of nitrogens with zero attached hydrogens (tertiary/aromatic N) is 4. The van der Waals surface area contributed by atoms with E-state index in [1.54, 1.807) is 0 Å². The van der Waals surface area contributed by atoms with Crippen molar-refractivity contribution in [2.45, 2.75) is 25.3 Å². The summed E-state index contributed by atoms with van der Waals surface area (Å²) in [5.74, 6) is 0. The molecule has 0 radical (unpaired) electrons. The maximum atomic E-state index is 13.0. The van der Waals surface area contributed by atoms with Crippen molar-refractivity contribution in [3.8, 4) is 5.69 Å². The number of carbonyl (C=O) groups excluding carboxylic acids is 1. The molecule has 2 amide bonds. The number of rotatable bonds is 3. The van der Waals surface area contributed by atoms with Gasteiger partial charge < -0.3 is 19.7 Å². The lowest BCUT2D eigenvalue weighted by molar-refractivity contribution is 0.0948. The lowest BCUT2D eigenvalue weighted by Gasteiger charge is -2.39. The third kappa shape index (κ3) is 4.56. The van der Waals surface area contributed by atoms with Gasteiger partial charge >= 0.3 is 6.03 Å². The van der Waals surface area contributed by atoms with Gasteiger partial charge in [-0.3, -0.25) is 4.90 Å². The van der Waals surface area contributed by atoms with E-state index in [0.717, 1.165) is 57.1 Å². The van der Waals surface area contributed by atoms with Crippen LogP contribution in [-0.2, 0) is 0 Å². The Labute approximate surface area is 167 Å². The second kappa shape index (κ2) is 8.80. The number of nitrogens with one attached hydrogen (secondary N) is 1. The molecule has 6 nitrogen and oxygen atoms in total. The number of likely N-dealkylation sites (N-methyl/N-ethyl adjacent to an activating group) is 1. The molecule has 0 bridgehead atoms. The average molecular weight is 382 g/mol. The number of benzene rings is 1. The highest BCUT2D eigenvalue weighted by Crippen LogP contribution is 2.20. The number of urea groups is 1. The molecule has 0 aliphatic carbocycles. The first-order valence-electron chi connectivity index (χ1n) is 10.4. The van der Waals surface area contributed by atoms with Gasteiger partial charge in [-0.2, -0.15) is 0 Å². The van der Waals surface area contributed by atoms with Gasteiger partial charge in [-0.25, -0.2) is 4.79 Å². The molecule has 0 spiro atoms. The van der Waals surface area contributed by atoms with Crippen LogP contribution >= 0.6 is 0 Å². The summed E-state index contributed by atoms with van der Waals surface area (Å²) in [6.07, 6.45) is 7.49. The Morgan fingerprint density at radius 1 is 1.00 bits per heavy atom. The second-order valence-electron chi connectivity index (χ2n) is 8.01. The number of hydrogen-bond acceptors (Lipinski definition) is 3. The third-order valence-corrected chi connectivity index (χ3v) is 5.99. The molecule has 1 atom stereocenters. The molecular formula is C22H31N5O. The molecule has 4 rings (SSSR count). The van der Waals surface area contributed by atoms with Crippen LogP contribution in [0.15, 0.2) is 48.8 Å². The van der Waals surface area contributed by atoms with Crippen LogP contribution in [0.4, 0.5) is 10.5 Å². The van der Waals surface area contributed by atoms with Crippen LogP contribution in [-0.4, -0.2) is 77.7 Å². The van der Waals surface area contributed by atoms with Gasteiger partial charge in [0.05, 0.1) is 0 Å². The van der Waals surface area contributed by atoms with Gasteiger partial charge in [0.2, 0.25) is 0 Å². The summed E-state index contributed by atoms with van der Waals surface area (Å²) in [5, 5.41) is 3.12. The molecule has 1 N–H and O–H groups in total. The maximum Gasteiger partial charge on any atom is 0.321 e. The van der Waals surface area contributed by atoms with E-state index in [0.29, 0.717) is 6.04 Å². The van der Waals surface area contributed by atoms with Crippen LogP contribution in [0.25, 0.3) is 5.69 Å².